The molecule has 2 amide bonds. The van der Waals surface area contributed by atoms with Crippen molar-refractivity contribution in [3.05, 3.63) is 101 Å². The normalized spacial score (nSPS) is 15.1. The lowest BCUT2D eigenvalue weighted by molar-refractivity contribution is -0.125. The van der Waals surface area contributed by atoms with Crippen LogP contribution in [0.1, 0.15) is 33.1 Å². The average molecular weight is 386 g/mol. The second kappa shape index (κ2) is 8.19. The number of nitrogens with zero attached hydrogens (tertiary/aromatic N) is 1. The van der Waals surface area contributed by atoms with Crippen LogP contribution in [0.5, 0.6) is 5.75 Å². The van der Waals surface area contributed by atoms with Gasteiger partial charge in [-0.1, -0.05) is 66.7 Å². The van der Waals surface area contributed by atoms with Crippen molar-refractivity contribution in [3.63, 3.8) is 0 Å². The van der Waals surface area contributed by atoms with E-state index >= 15 is 0 Å². The molecule has 146 valence electrons. The highest BCUT2D eigenvalue weighted by Gasteiger charge is 2.41. The van der Waals surface area contributed by atoms with Crippen molar-refractivity contribution in [3.8, 4) is 5.75 Å². The third-order valence-electron chi connectivity index (χ3n) is 5.15. The minimum absolute atomic E-state index is 0.147. The maximum absolute atomic E-state index is 13.1. The summed E-state index contributed by atoms with van der Waals surface area (Å²) in [5, 5.41) is 2.98. The zero-order chi connectivity index (χ0) is 20.2. The van der Waals surface area contributed by atoms with Crippen LogP contribution in [0, 0.1) is 0 Å². The summed E-state index contributed by atoms with van der Waals surface area (Å²) in [4.78, 5) is 27.9. The van der Waals surface area contributed by atoms with Gasteiger partial charge in [0.2, 0.25) is 5.91 Å². The Morgan fingerprint density at radius 1 is 0.966 bits per heavy atom. The van der Waals surface area contributed by atoms with Gasteiger partial charge in [-0.3, -0.25) is 9.59 Å². The van der Waals surface area contributed by atoms with E-state index in [1.807, 2.05) is 72.8 Å². The first-order valence-electron chi connectivity index (χ1n) is 9.52. The summed E-state index contributed by atoms with van der Waals surface area (Å²) in [5.41, 5.74) is 3.17. The molecule has 0 saturated heterocycles. The van der Waals surface area contributed by atoms with Gasteiger partial charge in [-0.25, -0.2) is 0 Å². The van der Waals surface area contributed by atoms with E-state index in [9.17, 15) is 9.59 Å². The van der Waals surface area contributed by atoms with Crippen LogP contribution in [0.3, 0.4) is 0 Å². The van der Waals surface area contributed by atoms with Crippen LogP contribution < -0.4 is 10.1 Å². The molecule has 3 aromatic carbocycles. The number of ether oxygens (including phenoxy) is 1. The topological polar surface area (TPSA) is 58.6 Å². The number of methoxy groups -OCH3 is 1. The zero-order valence-electron chi connectivity index (χ0n) is 16.2. The lowest BCUT2D eigenvalue weighted by atomic mass is 10.0. The van der Waals surface area contributed by atoms with Crippen molar-refractivity contribution in [2.24, 2.45) is 0 Å². The smallest absolute Gasteiger partial charge is 0.255 e. The van der Waals surface area contributed by atoms with Gasteiger partial charge in [0.1, 0.15) is 11.8 Å². The summed E-state index contributed by atoms with van der Waals surface area (Å²) in [6.07, 6.45) is 0. The van der Waals surface area contributed by atoms with Crippen LogP contribution in [0.25, 0.3) is 0 Å². The highest BCUT2D eigenvalue weighted by molar-refractivity contribution is 6.04. The molecular formula is C24H22N2O3. The van der Waals surface area contributed by atoms with Gasteiger partial charge < -0.3 is 15.0 Å². The predicted octanol–water partition coefficient (Wildman–Crippen LogP) is 3.71. The molecule has 5 heteroatoms. The Kier molecular flexibility index (Phi) is 5.29. The van der Waals surface area contributed by atoms with Gasteiger partial charge in [0.05, 0.1) is 13.7 Å². The number of carbonyl (C=O) groups excluding carboxylic acids is 2. The average Bonchev–Trinajstić information content (AvgIpc) is 3.05. The van der Waals surface area contributed by atoms with Crippen LogP contribution in [0.2, 0.25) is 0 Å². The van der Waals surface area contributed by atoms with E-state index < -0.39 is 6.04 Å². The lowest BCUT2D eigenvalue weighted by Crippen LogP contribution is -2.38. The molecule has 0 radical (unpaired) electrons. The van der Waals surface area contributed by atoms with E-state index in [-0.39, 0.29) is 11.8 Å². The molecule has 1 heterocycles. The number of fused-ring (bicyclic) bond motifs is 1. The van der Waals surface area contributed by atoms with Crippen molar-refractivity contribution in [2.75, 3.05) is 7.11 Å². The molecule has 5 nitrogen and oxygen atoms in total. The third kappa shape index (κ3) is 3.72. The third-order valence-corrected chi connectivity index (χ3v) is 5.15. The Bertz CT molecular complexity index is 1030. The van der Waals surface area contributed by atoms with Gasteiger partial charge in [-0.15, -0.1) is 0 Å². The van der Waals surface area contributed by atoms with Crippen molar-refractivity contribution in [1.29, 1.82) is 0 Å². The van der Waals surface area contributed by atoms with Gasteiger partial charge in [-0.2, -0.15) is 0 Å². The standard InChI is InChI=1S/C24H22N2O3/c1-29-21-14-8-5-11-18(21)16-26-22(19-12-6-7-13-20(19)24(26)28)23(27)25-15-17-9-3-2-4-10-17/h2-14,22H,15-16H2,1H3,(H,25,27). The molecule has 0 saturated carbocycles. The van der Waals surface area contributed by atoms with E-state index in [0.29, 0.717) is 24.4 Å². The Morgan fingerprint density at radius 2 is 1.66 bits per heavy atom. The number of rotatable bonds is 6. The summed E-state index contributed by atoms with van der Waals surface area (Å²) < 4.78 is 5.43. The molecule has 0 aliphatic carbocycles. The minimum Gasteiger partial charge on any atom is -0.496 e. The second-order valence-electron chi connectivity index (χ2n) is 6.94. The summed E-state index contributed by atoms with van der Waals surface area (Å²) in [6, 6.07) is 23.9. The van der Waals surface area contributed by atoms with Gasteiger partial charge >= 0.3 is 0 Å². The first kappa shape index (κ1) is 18.7. The van der Waals surface area contributed by atoms with Crippen LogP contribution in [-0.2, 0) is 17.9 Å². The summed E-state index contributed by atoms with van der Waals surface area (Å²) in [6.45, 7) is 0.704. The molecule has 1 N–H and O–H groups in total. The molecule has 1 aliphatic rings. The van der Waals surface area contributed by atoms with E-state index in [0.717, 1.165) is 16.7 Å². The Hall–Kier alpha value is -3.60. The molecular weight excluding hydrogens is 364 g/mol. The number of amides is 2. The van der Waals surface area contributed by atoms with Crippen molar-refractivity contribution < 1.29 is 14.3 Å². The molecule has 1 atom stereocenters. The van der Waals surface area contributed by atoms with Gasteiger partial charge in [0.25, 0.3) is 5.91 Å². The Morgan fingerprint density at radius 3 is 2.45 bits per heavy atom. The Labute approximate surface area is 169 Å². The van der Waals surface area contributed by atoms with Gasteiger partial charge in [0, 0.05) is 17.7 Å². The largest absolute Gasteiger partial charge is 0.496 e. The van der Waals surface area contributed by atoms with Crippen LogP contribution in [-0.4, -0.2) is 23.8 Å². The zero-order valence-corrected chi connectivity index (χ0v) is 16.2. The second-order valence-corrected chi connectivity index (χ2v) is 6.94. The van der Waals surface area contributed by atoms with Gasteiger partial charge in [-0.05, 0) is 23.3 Å². The maximum Gasteiger partial charge on any atom is 0.255 e. The predicted molar refractivity (Wildman–Crippen MR) is 110 cm³/mol. The van der Waals surface area contributed by atoms with E-state index in [4.69, 9.17) is 4.74 Å². The fourth-order valence-corrected chi connectivity index (χ4v) is 3.71. The maximum atomic E-state index is 13.1. The molecule has 1 aliphatic heterocycles. The monoisotopic (exact) mass is 386 g/mol. The van der Waals surface area contributed by atoms with Crippen molar-refractivity contribution >= 4 is 11.8 Å². The summed E-state index contributed by atoms with van der Waals surface area (Å²) in [7, 11) is 1.60. The van der Waals surface area contributed by atoms with Crippen molar-refractivity contribution in [2.45, 2.75) is 19.1 Å². The van der Waals surface area contributed by atoms with Crippen LogP contribution in [0.4, 0.5) is 0 Å². The van der Waals surface area contributed by atoms with Crippen LogP contribution >= 0.6 is 0 Å². The minimum atomic E-state index is -0.674. The number of para-hydroxylation sites is 1. The molecule has 0 spiro atoms. The summed E-state index contributed by atoms with van der Waals surface area (Å²) in [5.74, 6) is 0.355. The van der Waals surface area contributed by atoms with E-state index in [1.54, 1.807) is 18.1 Å². The molecule has 1 unspecified atom stereocenters. The highest BCUT2D eigenvalue weighted by atomic mass is 16.5. The number of nitrogens with one attached hydrogen (secondary N) is 1. The molecule has 0 bridgehead atoms. The lowest BCUT2D eigenvalue weighted by Gasteiger charge is -2.25. The van der Waals surface area contributed by atoms with Crippen LogP contribution in [0.15, 0.2) is 78.9 Å². The molecule has 0 fully saturated rings. The molecule has 0 aromatic heterocycles. The van der Waals surface area contributed by atoms with Crippen molar-refractivity contribution in [1.82, 2.24) is 10.2 Å². The quantitative estimate of drug-likeness (QED) is 0.703. The highest BCUT2D eigenvalue weighted by Crippen LogP contribution is 2.36. The number of carbonyl (C=O) groups is 2. The summed E-state index contributed by atoms with van der Waals surface area (Å²) >= 11 is 0. The molecule has 3 aromatic rings. The number of hydrogen-bond acceptors (Lipinski definition) is 3. The Balaban J connectivity index is 1.62. The number of hydrogen-bond donors (Lipinski definition) is 1. The fraction of sp³-hybridized carbons (Fsp3) is 0.167. The SMILES string of the molecule is COc1ccccc1CN1C(=O)c2ccccc2C1C(=O)NCc1ccccc1. The first-order valence-corrected chi connectivity index (χ1v) is 9.52. The molecule has 29 heavy (non-hydrogen) atoms. The fourth-order valence-electron chi connectivity index (χ4n) is 3.71. The number of benzene rings is 3. The van der Waals surface area contributed by atoms with E-state index in [2.05, 4.69) is 5.32 Å². The molecule has 4 rings (SSSR count). The first-order chi connectivity index (χ1) is 14.2. The van der Waals surface area contributed by atoms with E-state index in [1.165, 1.54) is 0 Å². The van der Waals surface area contributed by atoms with Gasteiger partial charge in [0.15, 0.2) is 0 Å².